The number of ether oxygens (including phenoxy) is 1. The van der Waals surface area contributed by atoms with E-state index in [2.05, 4.69) is 51.1 Å². The van der Waals surface area contributed by atoms with Crippen LogP contribution in [0.25, 0.3) is 0 Å². The minimum atomic E-state index is 0.373. The summed E-state index contributed by atoms with van der Waals surface area (Å²) in [5.74, 6) is 2.45. The summed E-state index contributed by atoms with van der Waals surface area (Å²) in [5, 5.41) is 2.96. The van der Waals surface area contributed by atoms with E-state index in [1.165, 1.54) is 6.33 Å². The average molecular weight is 322 g/mol. The molecule has 0 bridgehead atoms. The summed E-state index contributed by atoms with van der Waals surface area (Å²) in [6, 6.07) is 7.74. The van der Waals surface area contributed by atoms with Crippen LogP contribution in [0.15, 0.2) is 35.1 Å². The molecule has 4 nitrogen and oxygen atoms in total. The van der Waals surface area contributed by atoms with Crippen LogP contribution in [0, 0.1) is 0 Å². The van der Waals surface area contributed by atoms with Crippen molar-refractivity contribution in [3.63, 3.8) is 0 Å². The molecule has 1 aromatic carbocycles. The van der Waals surface area contributed by atoms with Crippen molar-refractivity contribution < 1.29 is 4.74 Å². The van der Waals surface area contributed by atoms with Crippen LogP contribution in [0.2, 0.25) is 0 Å². The van der Waals surface area contributed by atoms with Gasteiger partial charge in [0.05, 0.1) is 0 Å². The predicted octanol–water partition coefficient (Wildman–Crippen LogP) is 4.20. The molecule has 0 fully saturated rings. The van der Waals surface area contributed by atoms with E-state index in [1.807, 2.05) is 19.2 Å². The SMILES string of the molecule is CNc1cc(Oc2ccc(Br)cc2C(C)C)ncn1. The van der Waals surface area contributed by atoms with Gasteiger partial charge < -0.3 is 10.1 Å². The van der Waals surface area contributed by atoms with Gasteiger partial charge in [0.1, 0.15) is 17.9 Å². The molecule has 0 spiro atoms. The number of aromatic nitrogens is 2. The zero-order valence-electron chi connectivity index (χ0n) is 11.1. The van der Waals surface area contributed by atoms with Crippen LogP contribution < -0.4 is 10.1 Å². The second-order valence-electron chi connectivity index (χ2n) is 4.43. The second kappa shape index (κ2) is 6.02. The number of nitrogens with one attached hydrogen (secondary N) is 1. The Morgan fingerprint density at radius 3 is 2.68 bits per heavy atom. The quantitative estimate of drug-likeness (QED) is 0.916. The van der Waals surface area contributed by atoms with Crippen molar-refractivity contribution in [1.29, 1.82) is 0 Å². The lowest BCUT2D eigenvalue weighted by molar-refractivity contribution is 0.453. The minimum absolute atomic E-state index is 0.373. The molecule has 0 saturated heterocycles. The van der Waals surface area contributed by atoms with Crippen LogP contribution in [0.4, 0.5) is 5.82 Å². The molecule has 2 aromatic rings. The first kappa shape index (κ1) is 13.8. The highest BCUT2D eigenvalue weighted by Crippen LogP contribution is 2.32. The van der Waals surface area contributed by atoms with Gasteiger partial charge in [-0.15, -0.1) is 0 Å². The number of hydrogen-bond donors (Lipinski definition) is 1. The molecule has 0 aliphatic carbocycles. The fourth-order valence-electron chi connectivity index (χ4n) is 1.71. The fraction of sp³-hybridized carbons (Fsp3) is 0.286. The number of anilines is 1. The molecule has 5 heteroatoms. The smallest absolute Gasteiger partial charge is 0.224 e. The summed E-state index contributed by atoms with van der Waals surface area (Å²) >= 11 is 3.48. The molecule has 0 saturated carbocycles. The maximum Gasteiger partial charge on any atom is 0.224 e. The fourth-order valence-corrected chi connectivity index (χ4v) is 2.09. The van der Waals surface area contributed by atoms with Gasteiger partial charge in [0.2, 0.25) is 5.88 Å². The van der Waals surface area contributed by atoms with Crippen molar-refractivity contribution in [2.24, 2.45) is 0 Å². The van der Waals surface area contributed by atoms with Crippen LogP contribution in [-0.2, 0) is 0 Å². The highest BCUT2D eigenvalue weighted by Gasteiger charge is 2.10. The monoisotopic (exact) mass is 321 g/mol. The van der Waals surface area contributed by atoms with Crippen molar-refractivity contribution >= 4 is 21.7 Å². The van der Waals surface area contributed by atoms with E-state index < -0.39 is 0 Å². The van der Waals surface area contributed by atoms with Crippen LogP contribution >= 0.6 is 15.9 Å². The van der Waals surface area contributed by atoms with Crippen LogP contribution in [0.1, 0.15) is 25.3 Å². The summed E-state index contributed by atoms with van der Waals surface area (Å²) in [6.07, 6.45) is 1.48. The zero-order chi connectivity index (χ0) is 13.8. The van der Waals surface area contributed by atoms with Gasteiger partial charge in [0.15, 0.2) is 0 Å². The van der Waals surface area contributed by atoms with Crippen LogP contribution in [0.3, 0.4) is 0 Å². The third-order valence-corrected chi connectivity index (χ3v) is 3.20. The summed E-state index contributed by atoms with van der Waals surface area (Å²) in [4.78, 5) is 8.18. The molecule has 0 unspecified atom stereocenters. The number of nitrogens with zero attached hydrogens (tertiary/aromatic N) is 2. The molecule has 0 atom stereocenters. The molecular formula is C14H16BrN3O. The Labute approximate surface area is 121 Å². The van der Waals surface area contributed by atoms with Gasteiger partial charge >= 0.3 is 0 Å². The molecular weight excluding hydrogens is 306 g/mol. The normalized spacial score (nSPS) is 10.6. The molecule has 1 heterocycles. The van der Waals surface area contributed by atoms with E-state index in [4.69, 9.17) is 4.74 Å². The topological polar surface area (TPSA) is 47.0 Å². The standard InChI is InChI=1S/C14H16BrN3O/c1-9(2)11-6-10(15)4-5-12(11)19-14-7-13(16-3)17-8-18-14/h4-9H,1-3H3,(H,16,17,18). The Morgan fingerprint density at radius 2 is 2.00 bits per heavy atom. The molecule has 0 aliphatic rings. The molecule has 100 valence electrons. The first-order chi connectivity index (χ1) is 9.10. The van der Waals surface area contributed by atoms with E-state index in [-0.39, 0.29) is 0 Å². The summed E-state index contributed by atoms with van der Waals surface area (Å²) in [7, 11) is 1.81. The third kappa shape index (κ3) is 3.44. The van der Waals surface area contributed by atoms with Gasteiger partial charge in [-0.3, -0.25) is 0 Å². The van der Waals surface area contributed by atoms with Gasteiger partial charge in [-0.25, -0.2) is 9.97 Å². The Hall–Kier alpha value is -1.62. The lowest BCUT2D eigenvalue weighted by Gasteiger charge is -2.13. The summed E-state index contributed by atoms with van der Waals surface area (Å²) in [6.45, 7) is 4.27. The van der Waals surface area contributed by atoms with Crippen molar-refractivity contribution in [3.8, 4) is 11.6 Å². The Morgan fingerprint density at radius 1 is 1.21 bits per heavy atom. The molecule has 2 rings (SSSR count). The van der Waals surface area contributed by atoms with Crippen molar-refractivity contribution in [2.75, 3.05) is 12.4 Å². The van der Waals surface area contributed by atoms with Gasteiger partial charge in [-0.05, 0) is 29.7 Å². The van der Waals surface area contributed by atoms with Crippen molar-refractivity contribution in [2.45, 2.75) is 19.8 Å². The van der Waals surface area contributed by atoms with Crippen molar-refractivity contribution in [1.82, 2.24) is 9.97 Å². The highest BCUT2D eigenvalue weighted by atomic mass is 79.9. The average Bonchev–Trinajstić information content (AvgIpc) is 2.41. The number of benzene rings is 1. The Balaban J connectivity index is 2.32. The zero-order valence-corrected chi connectivity index (χ0v) is 12.7. The molecule has 1 aromatic heterocycles. The number of halogens is 1. The molecule has 1 N–H and O–H groups in total. The maximum atomic E-state index is 5.86. The molecule has 19 heavy (non-hydrogen) atoms. The number of rotatable bonds is 4. The first-order valence-electron chi connectivity index (χ1n) is 6.07. The molecule has 0 amide bonds. The number of hydrogen-bond acceptors (Lipinski definition) is 4. The van der Waals surface area contributed by atoms with E-state index in [1.54, 1.807) is 6.07 Å². The third-order valence-electron chi connectivity index (χ3n) is 2.71. The van der Waals surface area contributed by atoms with Gasteiger partial charge in [0.25, 0.3) is 0 Å². The second-order valence-corrected chi connectivity index (χ2v) is 5.35. The molecule has 0 aliphatic heterocycles. The maximum absolute atomic E-state index is 5.86. The molecule has 0 radical (unpaired) electrons. The Bertz CT molecular complexity index is 572. The van der Waals surface area contributed by atoms with Crippen LogP contribution in [-0.4, -0.2) is 17.0 Å². The van der Waals surface area contributed by atoms with E-state index in [0.29, 0.717) is 11.8 Å². The van der Waals surface area contributed by atoms with Crippen molar-refractivity contribution in [3.05, 3.63) is 40.6 Å². The van der Waals surface area contributed by atoms with Gasteiger partial charge in [0, 0.05) is 17.6 Å². The Kier molecular flexibility index (Phi) is 4.37. The van der Waals surface area contributed by atoms with E-state index >= 15 is 0 Å². The predicted molar refractivity (Wildman–Crippen MR) is 79.9 cm³/mol. The van der Waals surface area contributed by atoms with E-state index in [9.17, 15) is 0 Å². The van der Waals surface area contributed by atoms with Crippen LogP contribution in [0.5, 0.6) is 11.6 Å². The highest BCUT2D eigenvalue weighted by molar-refractivity contribution is 9.10. The van der Waals surface area contributed by atoms with Gasteiger partial charge in [-0.1, -0.05) is 29.8 Å². The first-order valence-corrected chi connectivity index (χ1v) is 6.86. The summed E-state index contributed by atoms with van der Waals surface area (Å²) < 4.78 is 6.90. The minimum Gasteiger partial charge on any atom is -0.439 e. The lowest BCUT2D eigenvalue weighted by atomic mass is 10.0. The largest absolute Gasteiger partial charge is 0.439 e. The van der Waals surface area contributed by atoms with E-state index in [0.717, 1.165) is 21.6 Å². The van der Waals surface area contributed by atoms with Gasteiger partial charge in [-0.2, -0.15) is 0 Å². The summed E-state index contributed by atoms with van der Waals surface area (Å²) in [5.41, 5.74) is 1.14. The lowest BCUT2D eigenvalue weighted by Crippen LogP contribution is -1.98.